The number of fused-ring (bicyclic) bond motifs is 1. The van der Waals surface area contributed by atoms with Crippen molar-refractivity contribution in [2.75, 3.05) is 23.3 Å². The average molecular weight is 529 g/mol. The maximum absolute atomic E-state index is 14.0. The zero-order valence-corrected chi connectivity index (χ0v) is 20.0. The van der Waals surface area contributed by atoms with Crippen LogP contribution in [0.1, 0.15) is 29.6 Å². The zero-order chi connectivity index (χ0) is 24.7. The van der Waals surface area contributed by atoms with E-state index in [0.29, 0.717) is 10.9 Å². The van der Waals surface area contributed by atoms with Gasteiger partial charge in [0.2, 0.25) is 15.9 Å². The van der Waals surface area contributed by atoms with Crippen LogP contribution in [-0.4, -0.2) is 38.3 Å². The number of hydrogen-bond donors (Lipinski definition) is 2. The summed E-state index contributed by atoms with van der Waals surface area (Å²) >= 11 is 12.3. The van der Waals surface area contributed by atoms with Crippen LogP contribution in [0.15, 0.2) is 47.4 Å². The minimum Gasteiger partial charge on any atom is -0.356 e. The summed E-state index contributed by atoms with van der Waals surface area (Å²) in [6.45, 7) is 0.296. The summed E-state index contributed by atoms with van der Waals surface area (Å²) in [6, 6.07) is 10.1. The fourth-order valence-electron chi connectivity index (χ4n) is 3.79. The SMILES string of the molecule is NS(=O)(=O)c1cccc(NC(=O)c2cc3cc(Cl)c(Cl)cc3nc2N2CCCC(F)(F)CC2)c1. The van der Waals surface area contributed by atoms with Crippen molar-refractivity contribution < 1.29 is 22.0 Å². The van der Waals surface area contributed by atoms with E-state index in [0.717, 1.165) is 0 Å². The Balaban J connectivity index is 1.77. The van der Waals surface area contributed by atoms with Crippen molar-refractivity contribution in [1.29, 1.82) is 0 Å². The molecule has 2 heterocycles. The third-order valence-electron chi connectivity index (χ3n) is 5.52. The summed E-state index contributed by atoms with van der Waals surface area (Å²) in [5.74, 6) is -3.17. The maximum Gasteiger partial charge on any atom is 0.259 e. The fourth-order valence-corrected chi connectivity index (χ4v) is 4.68. The topological polar surface area (TPSA) is 105 Å². The van der Waals surface area contributed by atoms with Gasteiger partial charge in [0.1, 0.15) is 5.82 Å². The summed E-state index contributed by atoms with van der Waals surface area (Å²) in [5, 5.41) is 8.88. The van der Waals surface area contributed by atoms with Crippen LogP contribution in [0.5, 0.6) is 0 Å². The summed E-state index contributed by atoms with van der Waals surface area (Å²) in [4.78, 5) is 19.3. The molecule has 1 saturated heterocycles. The molecular weight excluding hydrogens is 509 g/mol. The number of aromatic nitrogens is 1. The number of benzene rings is 2. The van der Waals surface area contributed by atoms with Crippen molar-refractivity contribution in [3.63, 3.8) is 0 Å². The van der Waals surface area contributed by atoms with Gasteiger partial charge in [-0.15, -0.1) is 0 Å². The molecule has 2 aromatic carbocycles. The van der Waals surface area contributed by atoms with Gasteiger partial charge in [-0.2, -0.15) is 0 Å². The fraction of sp³-hybridized carbons (Fsp3) is 0.273. The van der Waals surface area contributed by atoms with Crippen molar-refractivity contribution in [2.45, 2.75) is 30.1 Å². The molecular formula is C22H20Cl2F2N4O3S. The van der Waals surface area contributed by atoms with E-state index < -0.39 is 21.9 Å². The number of primary sulfonamides is 1. The number of nitrogens with zero attached hydrogens (tertiary/aromatic N) is 2. The number of hydrogen-bond acceptors (Lipinski definition) is 5. The third kappa shape index (κ3) is 5.41. The first-order chi connectivity index (χ1) is 15.9. The number of carbonyl (C=O) groups excluding carboxylic acids is 1. The Hall–Kier alpha value is -2.53. The number of halogens is 4. The average Bonchev–Trinajstić information content (AvgIpc) is 2.94. The van der Waals surface area contributed by atoms with E-state index in [2.05, 4.69) is 10.3 Å². The van der Waals surface area contributed by atoms with Crippen LogP contribution in [0.25, 0.3) is 10.9 Å². The van der Waals surface area contributed by atoms with Crippen LogP contribution in [0, 0.1) is 0 Å². The predicted octanol–water partition coefficient (Wildman–Crippen LogP) is 5.07. The maximum atomic E-state index is 14.0. The largest absolute Gasteiger partial charge is 0.356 e. The Labute approximate surface area is 204 Å². The molecule has 12 heteroatoms. The number of anilines is 2. The number of carbonyl (C=O) groups is 1. The van der Waals surface area contributed by atoms with Gasteiger partial charge in [-0.3, -0.25) is 4.79 Å². The van der Waals surface area contributed by atoms with Crippen LogP contribution < -0.4 is 15.4 Å². The highest BCUT2D eigenvalue weighted by atomic mass is 35.5. The van der Waals surface area contributed by atoms with Crippen molar-refractivity contribution in [2.24, 2.45) is 5.14 Å². The van der Waals surface area contributed by atoms with Gasteiger partial charge in [0.05, 0.1) is 26.0 Å². The second-order valence-corrected chi connectivity index (χ2v) is 10.4. The van der Waals surface area contributed by atoms with E-state index in [1.54, 1.807) is 23.1 Å². The number of nitrogens with two attached hydrogens (primary N) is 1. The number of nitrogens with one attached hydrogen (secondary N) is 1. The van der Waals surface area contributed by atoms with Gasteiger partial charge < -0.3 is 10.2 Å². The number of pyridine rings is 1. The van der Waals surface area contributed by atoms with Gasteiger partial charge in [0, 0.05) is 37.0 Å². The molecule has 1 aromatic heterocycles. The minimum absolute atomic E-state index is 0.00795. The first-order valence-electron chi connectivity index (χ1n) is 10.3. The smallest absolute Gasteiger partial charge is 0.259 e. The molecule has 3 aromatic rings. The number of rotatable bonds is 4. The van der Waals surface area contributed by atoms with Crippen LogP contribution in [0.3, 0.4) is 0 Å². The monoisotopic (exact) mass is 528 g/mol. The quantitative estimate of drug-likeness (QED) is 0.491. The summed E-state index contributed by atoms with van der Waals surface area (Å²) < 4.78 is 51.2. The molecule has 0 radical (unpaired) electrons. The Morgan fingerprint density at radius 3 is 2.56 bits per heavy atom. The first kappa shape index (κ1) is 24.6. The first-order valence-corrected chi connectivity index (χ1v) is 12.6. The molecule has 0 spiro atoms. The molecule has 180 valence electrons. The summed E-state index contributed by atoms with van der Waals surface area (Å²) in [5.41, 5.74) is 0.768. The zero-order valence-electron chi connectivity index (χ0n) is 17.7. The molecule has 4 rings (SSSR count). The number of sulfonamides is 1. The summed E-state index contributed by atoms with van der Waals surface area (Å²) in [7, 11) is -3.97. The molecule has 34 heavy (non-hydrogen) atoms. The molecule has 3 N–H and O–H groups in total. The molecule has 0 aliphatic carbocycles. The van der Waals surface area contributed by atoms with E-state index in [-0.39, 0.29) is 64.4 Å². The van der Waals surface area contributed by atoms with Crippen molar-refractivity contribution in [1.82, 2.24) is 4.98 Å². The van der Waals surface area contributed by atoms with Crippen molar-refractivity contribution in [3.05, 3.63) is 58.1 Å². The number of amides is 1. The van der Waals surface area contributed by atoms with Gasteiger partial charge in [-0.05, 0) is 42.8 Å². The summed E-state index contributed by atoms with van der Waals surface area (Å²) in [6.07, 6.45) is -0.391. The molecule has 7 nitrogen and oxygen atoms in total. The lowest BCUT2D eigenvalue weighted by atomic mass is 10.1. The van der Waals surface area contributed by atoms with E-state index in [9.17, 15) is 22.0 Å². The minimum atomic E-state index is -3.97. The molecule has 0 bridgehead atoms. The van der Waals surface area contributed by atoms with Crippen molar-refractivity contribution >= 4 is 61.5 Å². The Morgan fingerprint density at radius 1 is 1.09 bits per heavy atom. The van der Waals surface area contributed by atoms with E-state index in [1.165, 1.54) is 24.3 Å². The second kappa shape index (κ2) is 9.26. The Kier molecular flexibility index (Phi) is 6.69. The van der Waals surface area contributed by atoms with Gasteiger partial charge in [0.25, 0.3) is 5.91 Å². The molecule has 1 aliphatic heterocycles. The highest BCUT2D eigenvalue weighted by molar-refractivity contribution is 7.89. The number of alkyl halides is 2. The Bertz CT molecular complexity index is 1390. The van der Waals surface area contributed by atoms with E-state index >= 15 is 0 Å². The molecule has 1 amide bonds. The van der Waals surface area contributed by atoms with Crippen LogP contribution in [0.4, 0.5) is 20.3 Å². The van der Waals surface area contributed by atoms with Crippen LogP contribution in [0.2, 0.25) is 10.0 Å². The molecule has 0 unspecified atom stereocenters. The van der Waals surface area contributed by atoms with E-state index in [1.807, 2.05) is 0 Å². The van der Waals surface area contributed by atoms with Gasteiger partial charge in [0.15, 0.2) is 0 Å². The third-order valence-corrected chi connectivity index (χ3v) is 7.15. The van der Waals surface area contributed by atoms with Crippen LogP contribution >= 0.6 is 23.2 Å². The standard InChI is InChI=1S/C22H20Cl2F2N4O3S/c23-17-10-13-9-16(21(31)28-14-3-1-4-15(11-14)34(27,32)33)20(29-19(13)12-18(17)24)30-7-2-5-22(25,26)6-8-30/h1,3-4,9-12H,2,5-8H2,(H,28,31)(H2,27,32,33). The second-order valence-electron chi connectivity index (χ2n) is 8.04. The van der Waals surface area contributed by atoms with Crippen LogP contribution in [-0.2, 0) is 10.0 Å². The highest BCUT2D eigenvalue weighted by Gasteiger charge is 2.33. The van der Waals surface area contributed by atoms with Crippen molar-refractivity contribution in [3.8, 4) is 0 Å². The van der Waals surface area contributed by atoms with E-state index in [4.69, 9.17) is 28.3 Å². The van der Waals surface area contributed by atoms with Gasteiger partial charge >= 0.3 is 0 Å². The highest BCUT2D eigenvalue weighted by Crippen LogP contribution is 2.34. The molecule has 1 aliphatic rings. The predicted molar refractivity (Wildman–Crippen MR) is 129 cm³/mol. The van der Waals surface area contributed by atoms with Gasteiger partial charge in [-0.1, -0.05) is 29.3 Å². The lowest BCUT2D eigenvalue weighted by molar-refractivity contribution is -0.0102. The molecule has 1 fully saturated rings. The molecule has 0 atom stereocenters. The van der Waals surface area contributed by atoms with Gasteiger partial charge in [-0.25, -0.2) is 27.3 Å². The Morgan fingerprint density at radius 2 is 1.82 bits per heavy atom. The lowest BCUT2D eigenvalue weighted by Crippen LogP contribution is -2.29. The normalized spacial score (nSPS) is 16.3. The lowest BCUT2D eigenvalue weighted by Gasteiger charge is -2.24. The molecule has 0 saturated carbocycles.